The molecule has 2 aliphatic heterocycles. The van der Waals surface area contributed by atoms with Gasteiger partial charge in [0, 0.05) is 30.5 Å². The van der Waals surface area contributed by atoms with Crippen LogP contribution in [0.5, 0.6) is 0 Å². The Morgan fingerprint density at radius 3 is 2.71 bits per heavy atom. The topological polar surface area (TPSA) is 37.4 Å². The lowest BCUT2D eigenvalue weighted by Gasteiger charge is -2.45. The first kappa shape index (κ1) is 22.1. The van der Waals surface area contributed by atoms with Gasteiger partial charge in [0.05, 0.1) is 16.3 Å². The predicted molar refractivity (Wildman–Crippen MR) is 106 cm³/mol. The van der Waals surface area contributed by atoms with Gasteiger partial charge in [-0.3, -0.25) is 4.90 Å². The van der Waals surface area contributed by atoms with Crippen molar-refractivity contribution >= 4 is 36.2 Å². The van der Waals surface area contributed by atoms with Gasteiger partial charge in [0.2, 0.25) is 0 Å². The first-order chi connectivity index (χ1) is 10.6. The van der Waals surface area contributed by atoms with E-state index in [0.29, 0.717) is 12.0 Å². The number of nitrogens with zero attached hydrogens (tertiary/aromatic N) is 2. The number of aromatic nitrogens is 1. The van der Waals surface area contributed by atoms with Gasteiger partial charge in [-0.2, -0.15) is 0 Å². The summed E-state index contributed by atoms with van der Waals surface area (Å²) in [6.07, 6.45) is 4.64. The fourth-order valence-corrected chi connectivity index (χ4v) is 4.48. The van der Waals surface area contributed by atoms with Crippen molar-refractivity contribution < 1.29 is 4.74 Å². The highest BCUT2D eigenvalue weighted by Crippen LogP contribution is 2.35. The summed E-state index contributed by atoms with van der Waals surface area (Å²) in [6.45, 7) is 8.49. The van der Waals surface area contributed by atoms with Crippen LogP contribution >= 0.6 is 36.2 Å². The Morgan fingerprint density at radius 2 is 2.08 bits per heavy atom. The van der Waals surface area contributed by atoms with Gasteiger partial charge in [-0.25, -0.2) is 4.98 Å². The maximum absolute atomic E-state index is 6.19. The van der Waals surface area contributed by atoms with Crippen molar-refractivity contribution in [2.75, 3.05) is 26.7 Å². The van der Waals surface area contributed by atoms with Crippen molar-refractivity contribution in [2.24, 2.45) is 0 Å². The molecule has 0 bridgehead atoms. The zero-order valence-electron chi connectivity index (χ0n) is 14.9. The maximum Gasteiger partial charge on any atom is 0.0954 e. The van der Waals surface area contributed by atoms with Gasteiger partial charge in [0.25, 0.3) is 0 Å². The van der Waals surface area contributed by atoms with Gasteiger partial charge < -0.3 is 10.1 Å². The van der Waals surface area contributed by atoms with Crippen LogP contribution in [-0.4, -0.2) is 48.3 Å². The van der Waals surface area contributed by atoms with E-state index in [2.05, 4.69) is 36.5 Å². The fourth-order valence-electron chi connectivity index (χ4n) is 3.65. The molecule has 2 fully saturated rings. The Hall–Kier alpha value is 0.0900. The van der Waals surface area contributed by atoms with Crippen molar-refractivity contribution in [1.29, 1.82) is 0 Å². The van der Waals surface area contributed by atoms with Crippen molar-refractivity contribution in [3.8, 4) is 0 Å². The van der Waals surface area contributed by atoms with Crippen LogP contribution < -0.4 is 5.32 Å². The number of halogens is 2. The molecule has 7 heteroatoms. The Labute approximate surface area is 162 Å². The molecule has 1 spiro atoms. The van der Waals surface area contributed by atoms with Gasteiger partial charge in [-0.1, -0.05) is 13.8 Å². The van der Waals surface area contributed by atoms with E-state index in [-0.39, 0.29) is 30.4 Å². The molecule has 24 heavy (non-hydrogen) atoms. The largest absolute Gasteiger partial charge is 0.375 e. The molecule has 2 saturated heterocycles. The lowest BCUT2D eigenvalue weighted by Crippen LogP contribution is -2.52. The summed E-state index contributed by atoms with van der Waals surface area (Å²) in [5.74, 6) is 0.533. The van der Waals surface area contributed by atoms with Crippen LogP contribution in [0.4, 0.5) is 0 Å². The summed E-state index contributed by atoms with van der Waals surface area (Å²) in [4.78, 5) is 7.28. The lowest BCUT2D eigenvalue weighted by atomic mass is 9.82. The Balaban J connectivity index is 0.00000144. The molecule has 0 aromatic carbocycles. The average molecular weight is 396 g/mol. The van der Waals surface area contributed by atoms with Crippen LogP contribution in [0.1, 0.15) is 56.2 Å². The highest BCUT2D eigenvalue weighted by atomic mass is 35.5. The van der Waals surface area contributed by atoms with Crippen molar-refractivity contribution in [3.63, 3.8) is 0 Å². The number of ether oxygens (including phenoxy) is 1. The Morgan fingerprint density at radius 1 is 1.38 bits per heavy atom. The summed E-state index contributed by atoms with van der Waals surface area (Å²) in [5, 5.41) is 6.93. The van der Waals surface area contributed by atoms with Crippen molar-refractivity contribution in [1.82, 2.24) is 15.2 Å². The summed E-state index contributed by atoms with van der Waals surface area (Å²) in [5.41, 5.74) is 1.36. The zero-order valence-corrected chi connectivity index (χ0v) is 17.4. The summed E-state index contributed by atoms with van der Waals surface area (Å²) >= 11 is 1.80. The molecule has 1 N–H and O–H groups in total. The monoisotopic (exact) mass is 395 g/mol. The minimum Gasteiger partial charge on any atom is -0.375 e. The van der Waals surface area contributed by atoms with E-state index in [1.807, 2.05) is 0 Å². The third kappa shape index (κ3) is 5.29. The van der Waals surface area contributed by atoms with Crippen LogP contribution in [0, 0.1) is 0 Å². The van der Waals surface area contributed by atoms with Crippen LogP contribution in [0.15, 0.2) is 5.38 Å². The second-order valence-electron chi connectivity index (χ2n) is 7.17. The first-order valence-corrected chi connectivity index (χ1v) is 9.45. The SMILES string of the molecule is CC(C)c1nc(CN(C)C2CCOC3(CCNCC3)C2)cs1.Cl.Cl. The summed E-state index contributed by atoms with van der Waals surface area (Å²) < 4.78 is 6.19. The molecule has 0 saturated carbocycles. The zero-order chi connectivity index (χ0) is 15.6. The highest BCUT2D eigenvalue weighted by Gasteiger charge is 2.39. The fraction of sp³-hybridized carbons (Fsp3) is 0.824. The number of nitrogens with one attached hydrogen (secondary N) is 1. The van der Waals surface area contributed by atoms with Crippen molar-refractivity contribution in [3.05, 3.63) is 16.1 Å². The Kier molecular flexibility index (Phi) is 8.94. The average Bonchev–Trinajstić information content (AvgIpc) is 2.97. The van der Waals surface area contributed by atoms with E-state index in [1.165, 1.54) is 17.1 Å². The van der Waals surface area contributed by atoms with Crippen LogP contribution in [0.25, 0.3) is 0 Å². The van der Waals surface area contributed by atoms with E-state index < -0.39 is 0 Å². The molecule has 4 nitrogen and oxygen atoms in total. The lowest BCUT2D eigenvalue weighted by molar-refractivity contribution is -0.119. The van der Waals surface area contributed by atoms with Gasteiger partial charge in [-0.05, 0) is 45.8 Å². The van der Waals surface area contributed by atoms with Crippen LogP contribution in [0.2, 0.25) is 0 Å². The molecule has 2 aliphatic rings. The maximum atomic E-state index is 6.19. The normalized spacial score (nSPS) is 23.1. The smallest absolute Gasteiger partial charge is 0.0954 e. The molecule has 1 atom stereocenters. The quantitative estimate of drug-likeness (QED) is 0.839. The molecule has 3 heterocycles. The second kappa shape index (κ2) is 9.70. The number of hydrogen-bond donors (Lipinski definition) is 1. The Bertz CT molecular complexity index is 486. The van der Waals surface area contributed by atoms with Crippen LogP contribution in [0.3, 0.4) is 0 Å². The molecular weight excluding hydrogens is 365 g/mol. The first-order valence-electron chi connectivity index (χ1n) is 8.57. The van der Waals surface area contributed by atoms with E-state index in [1.54, 1.807) is 11.3 Å². The minimum atomic E-state index is 0. The van der Waals surface area contributed by atoms with Gasteiger partial charge in [0.1, 0.15) is 0 Å². The van der Waals surface area contributed by atoms with Crippen LogP contribution in [-0.2, 0) is 11.3 Å². The standard InChI is InChI=1S/C17H29N3OS.2ClH/c1-13(2)16-19-14(12-22-16)11-20(3)15-4-9-21-17(10-15)5-7-18-8-6-17;;/h12-13,15,18H,4-11H2,1-3H3;2*1H. The van der Waals surface area contributed by atoms with Crippen molar-refractivity contribution in [2.45, 2.75) is 63.6 Å². The molecule has 0 aliphatic carbocycles. The number of rotatable bonds is 4. The molecule has 1 aromatic rings. The molecule has 1 aromatic heterocycles. The van der Waals surface area contributed by atoms with E-state index in [9.17, 15) is 0 Å². The predicted octanol–water partition coefficient (Wildman–Crippen LogP) is 3.84. The molecule has 140 valence electrons. The number of thiazole rings is 1. The third-order valence-electron chi connectivity index (χ3n) is 5.08. The molecular formula is C17H31Cl2N3OS. The van der Waals surface area contributed by atoms with E-state index in [4.69, 9.17) is 9.72 Å². The molecule has 0 radical (unpaired) electrons. The molecule has 0 amide bonds. The summed E-state index contributed by atoms with van der Waals surface area (Å²) in [6, 6.07) is 0.621. The third-order valence-corrected chi connectivity index (χ3v) is 6.27. The van der Waals surface area contributed by atoms with E-state index in [0.717, 1.165) is 45.5 Å². The summed E-state index contributed by atoms with van der Waals surface area (Å²) in [7, 11) is 2.25. The number of hydrogen-bond acceptors (Lipinski definition) is 5. The number of piperidine rings is 1. The second-order valence-corrected chi connectivity index (χ2v) is 8.06. The highest BCUT2D eigenvalue weighted by molar-refractivity contribution is 7.09. The minimum absolute atomic E-state index is 0. The van der Waals surface area contributed by atoms with Gasteiger partial charge in [-0.15, -0.1) is 36.2 Å². The van der Waals surface area contributed by atoms with Gasteiger partial charge >= 0.3 is 0 Å². The van der Waals surface area contributed by atoms with E-state index >= 15 is 0 Å². The molecule has 3 rings (SSSR count). The molecule has 1 unspecified atom stereocenters. The van der Waals surface area contributed by atoms with Gasteiger partial charge in [0.15, 0.2) is 0 Å².